The molecule has 28 heavy (non-hydrogen) atoms. The lowest BCUT2D eigenvalue weighted by Gasteiger charge is -2.32. The molecule has 1 aromatic heterocycles. The molecule has 1 aliphatic rings. The van der Waals surface area contributed by atoms with Crippen molar-refractivity contribution in [2.75, 3.05) is 27.3 Å². The first-order chi connectivity index (χ1) is 13.6. The minimum atomic E-state index is -0.00915. The van der Waals surface area contributed by atoms with Crippen molar-refractivity contribution in [2.45, 2.75) is 39.3 Å². The molecule has 152 valence electrons. The predicted molar refractivity (Wildman–Crippen MR) is 108 cm³/mol. The highest BCUT2D eigenvalue weighted by atomic mass is 16.5. The van der Waals surface area contributed by atoms with E-state index < -0.39 is 0 Å². The zero-order chi connectivity index (χ0) is 19.9. The molecule has 0 unspecified atom stereocenters. The summed E-state index contributed by atoms with van der Waals surface area (Å²) in [6.45, 7) is 5.17. The van der Waals surface area contributed by atoms with Crippen LogP contribution in [0, 0.1) is 5.92 Å². The number of ether oxygens (including phenoxy) is 2. The predicted octanol–water partition coefficient (Wildman–Crippen LogP) is 3.08. The van der Waals surface area contributed by atoms with E-state index in [-0.39, 0.29) is 6.03 Å². The monoisotopic (exact) mass is 386 g/mol. The van der Waals surface area contributed by atoms with Crippen LogP contribution in [0.25, 0.3) is 0 Å². The Bertz CT molecular complexity index is 782. The molecule has 1 fully saturated rings. The summed E-state index contributed by atoms with van der Waals surface area (Å²) in [7, 11) is 3.22. The number of nitrogens with zero attached hydrogens (tertiary/aromatic N) is 3. The lowest BCUT2D eigenvalue weighted by atomic mass is 9.97. The van der Waals surface area contributed by atoms with E-state index in [0.717, 1.165) is 50.3 Å². The Hall–Kier alpha value is -2.70. The third-order valence-corrected chi connectivity index (χ3v) is 5.37. The second-order valence-electron chi connectivity index (χ2n) is 7.13. The largest absolute Gasteiger partial charge is 0.493 e. The number of rotatable bonds is 7. The number of hydrogen-bond acceptors (Lipinski definition) is 4. The summed E-state index contributed by atoms with van der Waals surface area (Å²) < 4.78 is 12.8. The van der Waals surface area contributed by atoms with Crippen LogP contribution in [0.5, 0.6) is 11.5 Å². The molecule has 0 aliphatic carbocycles. The summed E-state index contributed by atoms with van der Waals surface area (Å²) in [5, 5.41) is 3.01. The Morgan fingerprint density at radius 1 is 1.21 bits per heavy atom. The van der Waals surface area contributed by atoms with Crippen LogP contribution in [-0.2, 0) is 19.5 Å². The number of likely N-dealkylation sites (tertiary alicyclic amines) is 1. The molecule has 1 N–H and O–H groups in total. The van der Waals surface area contributed by atoms with Gasteiger partial charge in [0.05, 0.1) is 14.2 Å². The van der Waals surface area contributed by atoms with Crippen LogP contribution in [0.2, 0.25) is 0 Å². The van der Waals surface area contributed by atoms with Gasteiger partial charge in [0.15, 0.2) is 11.5 Å². The van der Waals surface area contributed by atoms with Crippen molar-refractivity contribution in [3.63, 3.8) is 0 Å². The number of aromatic nitrogens is 2. The maximum absolute atomic E-state index is 12.5. The van der Waals surface area contributed by atoms with E-state index in [0.29, 0.717) is 24.0 Å². The van der Waals surface area contributed by atoms with Crippen LogP contribution < -0.4 is 14.8 Å². The van der Waals surface area contributed by atoms with Gasteiger partial charge in [-0.3, -0.25) is 0 Å². The number of urea groups is 1. The topological polar surface area (TPSA) is 68.6 Å². The number of imidazole rings is 1. The van der Waals surface area contributed by atoms with E-state index in [1.165, 1.54) is 0 Å². The third kappa shape index (κ3) is 4.77. The molecule has 0 bridgehead atoms. The van der Waals surface area contributed by atoms with Gasteiger partial charge in [0.25, 0.3) is 0 Å². The number of piperidine rings is 1. The first-order valence-corrected chi connectivity index (χ1v) is 9.88. The second-order valence-corrected chi connectivity index (χ2v) is 7.13. The molecule has 1 aliphatic heterocycles. The van der Waals surface area contributed by atoms with Crippen molar-refractivity contribution in [2.24, 2.45) is 5.92 Å². The fourth-order valence-electron chi connectivity index (χ4n) is 3.70. The molecule has 0 atom stereocenters. The Morgan fingerprint density at radius 2 is 1.96 bits per heavy atom. The van der Waals surface area contributed by atoms with Crippen LogP contribution in [0.1, 0.15) is 31.2 Å². The molecule has 2 aromatic rings. The average molecular weight is 386 g/mol. The van der Waals surface area contributed by atoms with Crippen LogP contribution >= 0.6 is 0 Å². The van der Waals surface area contributed by atoms with Crippen molar-refractivity contribution in [3.05, 3.63) is 42.0 Å². The van der Waals surface area contributed by atoms with Gasteiger partial charge in [0.1, 0.15) is 5.82 Å². The first-order valence-electron chi connectivity index (χ1n) is 9.88. The van der Waals surface area contributed by atoms with Gasteiger partial charge in [-0.2, -0.15) is 0 Å². The van der Waals surface area contributed by atoms with E-state index in [9.17, 15) is 4.79 Å². The molecular weight excluding hydrogens is 356 g/mol. The zero-order valence-corrected chi connectivity index (χ0v) is 17.0. The third-order valence-electron chi connectivity index (χ3n) is 5.37. The van der Waals surface area contributed by atoms with Crippen molar-refractivity contribution in [1.82, 2.24) is 19.8 Å². The molecule has 2 heterocycles. The number of amides is 2. The molecule has 0 radical (unpaired) electrons. The SMILES string of the molecule is CCc1nccn1CC1CCN(C(=O)NCc2ccc(OC)c(OC)c2)CC1. The number of aryl methyl sites for hydroxylation is 1. The molecule has 3 rings (SSSR count). The zero-order valence-electron chi connectivity index (χ0n) is 17.0. The van der Waals surface area contributed by atoms with Gasteiger partial charge in [-0.15, -0.1) is 0 Å². The number of nitrogens with one attached hydrogen (secondary N) is 1. The molecule has 1 aromatic carbocycles. The van der Waals surface area contributed by atoms with Gasteiger partial charge < -0.3 is 24.3 Å². The molecule has 1 saturated heterocycles. The molecule has 0 spiro atoms. The average Bonchev–Trinajstić information content (AvgIpc) is 3.19. The van der Waals surface area contributed by atoms with Gasteiger partial charge in [-0.05, 0) is 36.5 Å². The molecule has 2 amide bonds. The smallest absolute Gasteiger partial charge is 0.317 e. The van der Waals surface area contributed by atoms with E-state index in [4.69, 9.17) is 9.47 Å². The molecule has 0 saturated carbocycles. The van der Waals surface area contributed by atoms with Crippen LogP contribution in [0.4, 0.5) is 4.79 Å². The maximum Gasteiger partial charge on any atom is 0.317 e. The van der Waals surface area contributed by atoms with Crippen molar-refractivity contribution < 1.29 is 14.3 Å². The fraction of sp³-hybridized carbons (Fsp3) is 0.524. The molecule has 7 heteroatoms. The molecular formula is C21H30N4O3. The number of methoxy groups -OCH3 is 2. The minimum Gasteiger partial charge on any atom is -0.493 e. The van der Waals surface area contributed by atoms with Crippen LogP contribution in [-0.4, -0.2) is 47.8 Å². The number of hydrogen-bond donors (Lipinski definition) is 1. The van der Waals surface area contributed by atoms with E-state index >= 15 is 0 Å². The maximum atomic E-state index is 12.5. The van der Waals surface area contributed by atoms with E-state index in [2.05, 4.69) is 28.0 Å². The quantitative estimate of drug-likeness (QED) is 0.794. The summed E-state index contributed by atoms with van der Waals surface area (Å²) in [4.78, 5) is 18.8. The summed E-state index contributed by atoms with van der Waals surface area (Å²) in [6, 6.07) is 5.67. The highest BCUT2D eigenvalue weighted by Gasteiger charge is 2.23. The van der Waals surface area contributed by atoms with Gasteiger partial charge in [-0.1, -0.05) is 13.0 Å². The van der Waals surface area contributed by atoms with E-state index in [1.54, 1.807) is 14.2 Å². The Labute approximate surface area is 166 Å². The Kier molecular flexibility index (Phi) is 6.79. The summed E-state index contributed by atoms with van der Waals surface area (Å²) in [6.07, 6.45) is 6.91. The summed E-state index contributed by atoms with van der Waals surface area (Å²) >= 11 is 0. The Balaban J connectivity index is 1.46. The van der Waals surface area contributed by atoms with Crippen molar-refractivity contribution in [3.8, 4) is 11.5 Å². The lowest BCUT2D eigenvalue weighted by molar-refractivity contribution is 0.165. The fourth-order valence-corrected chi connectivity index (χ4v) is 3.70. The van der Waals surface area contributed by atoms with Gasteiger partial charge in [-0.25, -0.2) is 9.78 Å². The van der Waals surface area contributed by atoms with Crippen LogP contribution in [0.15, 0.2) is 30.6 Å². The lowest BCUT2D eigenvalue weighted by Crippen LogP contribution is -2.44. The highest BCUT2D eigenvalue weighted by molar-refractivity contribution is 5.74. The van der Waals surface area contributed by atoms with E-state index in [1.807, 2.05) is 29.3 Å². The summed E-state index contributed by atoms with van der Waals surface area (Å²) in [5.41, 5.74) is 0.980. The van der Waals surface area contributed by atoms with Crippen LogP contribution in [0.3, 0.4) is 0 Å². The van der Waals surface area contributed by atoms with Gasteiger partial charge in [0, 0.05) is 45.0 Å². The standard InChI is InChI=1S/C21H30N4O3/c1-4-20-22-9-12-25(20)15-16-7-10-24(11-8-16)21(26)23-14-17-5-6-18(27-2)19(13-17)28-3/h5-6,9,12-13,16H,4,7-8,10-11,14-15H2,1-3H3,(H,23,26). The van der Waals surface area contributed by atoms with Crippen molar-refractivity contribution in [1.29, 1.82) is 0 Å². The van der Waals surface area contributed by atoms with Crippen molar-refractivity contribution >= 4 is 6.03 Å². The minimum absolute atomic E-state index is 0.00915. The normalized spacial score (nSPS) is 14.8. The molecule has 7 nitrogen and oxygen atoms in total. The number of benzene rings is 1. The Morgan fingerprint density at radius 3 is 2.64 bits per heavy atom. The second kappa shape index (κ2) is 9.48. The first kappa shape index (κ1) is 20.0. The van der Waals surface area contributed by atoms with Gasteiger partial charge >= 0.3 is 6.03 Å². The summed E-state index contributed by atoms with van der Waals surface area (Å²) in [5.74, 6) is 3.08. The number of carbonyl (C=O) groups excluding carboxylic acids is 1. The number of carbonyl (C=O) groups is 1. The van der Waals surface area contributed by atoms with Gasteiger partial charge in [0.2, 0.25) is 0 Å². The highest BCUT2D eigenvalue weighted by Crippen LogP contribution is 2.27.